The normalized spacial score (nSPS) is 26.0. The predicted molar refractivity (Wildman–Crippen MR) is 70.6 cm³/mol. The van der Waals surface area contributed by atoms with Gasteiger partial charge in [-0.1, -0.05) is 30.3 Å². The van der Waals surface area contributed by atoms with Crippen LogP contribution in [0.5, 0.6) is 0 Å². The molecule has 0 spiro atoms. The van der Waals surface area contributed by atoms with Crippen molar-refractivity contribution < 1.29 is 19.0 Å². The van der Waals surface area contributed by atoms with Gasteiger partial charge in [0.1, 0.15) is 12.4 Å². The Morgan fingerprint density at radius 1 is 1.32 bits per heavy atom. The first-order valence-corrected chi connectivity index (χ1v) is 6.52. The monoisotopic (exact) mass is 264 g/mol. The Kier molecular flexibility index (Phi) is 4.69. The van der Waals surface area contributed by atoms with Crippen LogP contribution in [0.2, 0.25) is 0 Å². The molecule has 2 atom stereocenters. The van der Waals surface area contributed by atoms with Crippen LogP contribution in [-0.2, 0) is 25.6 Å². The number of ether oxygens (including phenoxy) is 3. The minimum atomic E-state index is -0.732. The summed E-state index contributed by atoms with van der Waals surface area (Å²) in [5.74, 6) is -0.732. The fourth-order valence-corrected chi connectivity index (χ4v) is 2.22. The van der Waals surface area contributed by atoms with Crippen molar-refractivity contribution in [1.82, 2.24) is 0 Å². The summed E-state index contributed by atoms with van der Waals surface area (Å²) in [6, 6.07) is 9.97. The van der Waals surface area contributed by atoms with Crippen LogP contribution in [0.15, 0.2) is 30.3 Å². The van der Waals surface area contributed by atoms with Crippen molar-refractivity contribution in [1.29, 1.82) is 0 Å². The minimum Gasteiger partial charge on any atom is -0.374 e. The van der Waals surface area contributed by atoms with E-state index in [9.17, 15) is 4.79 Å². The van der Waals surface area contributed by atoms with Crippen LogP contribution in [-0.4, -0.2) is 30.9 Å². The molecule has 19 heavy (non-hydrogen) atoms. The first kappa shape index (κ1) is 14.2. The van der Waals surface area contributed by atoms with E-state index in [1.807, 2.05) is 44.2 Å². The predicted octanol–water partition coefficient (Wildman–Crippen LogP) is 2.31. The molecule has 104 valence electrons. The summed E-state index contributed by atoms with van der Waals surface area (Å²) in [6.07, 6.45) is 0.854. The summed E-state index contributed by atoms with van der Waals surface area (Å²) < 4.78 is 16.9. The minimum absolute atomic E-state index is 0.109. The number of hydrogen-bond acceptors (Lipinski definition) is 4. The number of hydrogen-bond donors (Lipinski definition) is 0. The van der Waals surface area contributed by atoms with Gasteiger partial charge in [0.2, 0.25) is 0 Å². The van der Waals surface area contributed by atoms with Crippen LogP contribution >= 0.6 is 0 Å². The average molecular weight is 264 g/mol. The molecule has 0 amide bonds. The molecule has 1 aromatic carbocycles. The maximum atomic E-state index is 10.9. The van der Waals surface area contributed by atoms with Crippen LogP contribution in [0.25, 0.3) is 0 Å². The van der Waals surface area contributed by atoms with E-state index in [2.05, 4.69) is 0 Å². The Morgan fingerprint density at radius 2 is 2.05 bits per heavy atom. The third-order valence-corrected chi connectivity index (χ3v) is 2.95. The second kappa shape index (κ2) is 6.28. The van der Waals surface area contributed by atoms with E-state index in [1.54, 1.807) is 0 Å². The van der Waals surface area contributed by atoms with Crippen LogP contribution < -0.4 is 0 Å². The van der Waals surface area contributed by atoms with E-state index in [1.165, 1.54) is 0 Å². The molecule has 0 saturated carbocycles. The molecule has 0 radical (unpaired) electrons. The molecule has 4 heteroatoms. The topological polar surface area (TPSA) is 44.8 Å². The number of carbonyl (C=O) groups is 1. The summed E-state index contributed by atoms with van der Waals surface area (Å²) in [4.78, 5) is 10.9. The van der Waals surface area contributed by atoms with Gasteiger partial charge >= 0.3 is 0 Å². The summed E-state index contributed by atoms with van der Waals surface area (Å²) in [7, 11) is 0. The standard InChI is InChI=1S/C15H20O4/c1-15(2)18-13(9-16)8-14(19-15)11-17-10-12-6-4-3-5-7-12/h3-7,9,13-14H,8,10-11H2,1-2H3/t13-,14+/m1/s1. The highest BCUT2D eigenvalue weighted by Crippen LogP contribution is 2.26. The molecule has 0 unspecified atom stereocenters. The van der Waals surface area contributed by atoms with Gasteiger partial charge in [-0.3, -0.25) is 0 Å². The zero-order valence-corrected chi connectivity index (χ0v) is 11.4. The average Bonchev–Trinajstić information content (AvgIpc) is 2.38. The summed E-state index contributed by atoms with van der Waals surface area (Å²) in [6.45, 7) is 4.64. The van der Waals surface area contributed by atoms with Gasteiger partial charge in [-0.05, 0) is 19.4 Å². The molecule has 0 aromatic heterocycles. The van der Waals surface area contributed by atoms with E-state index < -0.39 is 11.9 Å². The summed E-state index contributed by atoms with van der Waals surface area (Å²) in [5, 5.41) is 0. The molecule has 0 aliphatic carbocycles. The van der Waals surface area contributed by atoms with Crippen molar-refractivity contribution in [2.75, 3.05) is 6.61 Å². The number of rotatable bonds is 5. The van der Waals surface area contributed by atoms with Crippen LogP contribution in [0, 0.1) is 0 Å². The van der Waals surface area contributed by atoms with Crippen molar-refractivity contribution in [3.63, 3.8) is 0 Å². The lowest BCUT2D eigenvalue weighted by molar-refractivity contribution is -0.297. The maximum absolute atomic E-state index is 10.9. The molecular formula is C15H20O4. The Balaban J connectivity index is 1.80. The lowest BCUT2D eigenvalue weighted by Gasteiger charge is -2.38. The molecule has 4 nitrogen and oxygen atoms in total. The van der Waals surface area contributed by atoms with Crippen LogP contribution in [0.4, 0.5) is 0 Å². The Labute approximate surface area is 113 Å². The van der Waals surface area contributed by atoms with Gasteiger partial charge in [0, 0.05) is 6.42 Å². The van der Waals surface area contributed by atoms with Crippen LogP contribution in [0.1, 0.15) is 25.8 Å². The lowest BCUT2D eigenvalue weighted by atomic mass is 10.1. The van der Waals surface area contributed by atoms with Gasteiger partial charge in [-0.25, -0.2) is 0 Å². The largest absolute Gasteiger partial charge is 0.374 e. The molecule has 0 bridgehead atoms. The smallest absolute Gasteiger partial charge is 0.164 e. The van der Waals surface area contributed by atoms with Gasteiger partial charge in [0.25, 0.3) is 0 Å². The van der Waals surface area contributed by atoms with Gasteiger partial charge in [0.15, 0.2) is 5.79 Å². The molecule has 1 aliphatic rings. The maximum Gasteiger partial charge on any atom is 0.164 e. The highest BCUT2D eigenvalue weighted by Gasteiger charge is 2.35. The second-order valence-corrected chi connectivity index (χ2v) is 5.17. The van der Waals surface area contributed by atoms with E-state index in [0.717, 1.165) is 11.8 Å². The summed E-state index contributed by atoms with van der Waals surface area (Å²) >= 11 is 0. The molecule has 1 saturated heterocycles. The molecule has 1 fully saturated rings. The van der Waals surface area contributed by atoms with E-state index in [4.69, 9.17) is 14.2 Å². The van der Waals surface area contributed by atoms with Gasteiger partial charge in [-0.2, -0.15) is 0 Å². The molecule has 1 heterocycles. The van der Waals surface area contributed by atoms with Crippen molar-refractivity contribution in [3.05, 3.63) is 35.9 Å². The zero-order chi connectivity index (χ0) is 13.7. The Hall–Kier alpha value is -1.23. The first-order chi connectivity index (χ1) is 9.09. The molecule has 1 aromatic rings. The quantitative estimate of drug-likeness (QED) is 0.766. The SMILES string of the molecule is CC1(C)O[C@H](COCc2ccccc2)C[C@H](C=O)O1. The zero-order valence-electron chi connectivity index (χ0n) is 11.4. The van der Waals surface area contributed by atoms with Crippen molar-refractivity contribution >= 4 is 6.29 Å². The highest BCUT2D eigenvalue weighted by molar-refractivity contribution is 5.56. The third-order valence-electron chi connectivity index (χ3n) is 2.95. The van der Waals surface area contributed by atoms with Gasteiger partial charge < -0.3 is 19.0 Å². The molecule has 2 rings (SSSR count). The molecule has 0 N–H and O–H groups in total. The molecular weight excluding hydrogens is 244 g/mol. The Morgan fingerprint density at radius 3 is 2.74 bits per heavy atom. The highest BCUT2D eigenvalue weighted by atomic mass is 16.7. The van der Waals surface area contributed by atoms with Gasteiger partial charge in [0.05, 0.1) is 19.3 Å². The fraction of sp³-hybridized carbons (Fsp3) is 0.533. The number of carbonyl (C=O) groups excluding carboxylic acids is 1. The first-order valence-electron chi connectivity index (χ1n) is 6.52. The lowest BCUT2D eigenvalue weighted by Crippen LogP contribution is -2.46. The molecule has 1 aliphatic heterocycles. The third kappa shape index (κ3) is 4.42. The fourth-order valence-electron chi connectivity index (χ4n) is 2.22. The van der Waals surface area contributed by atoms with Crippen molar-refractivity contribution in [3.8, 4) is 0 Å². The summed E-state index contributed by atoms with van der Waals surface area (Å²) in [5.41, 5.74) is 1.13. The second-order valence-electron chi connectivity index (χ2n) is 5.17. The van der Waals surface area contributed by atoms with Crippen LogP contribution in [0.3, 0.4) is 0 Å². The number of aldehydes is 1. The van der Waals surface area contributed by atoms with E-state index >= 15 is 0 Å². The van der Waals surface area contributed by atoms with E-state index in [0.29, 0.717) is 19.6 Å². The van der Waals surface area contributed by atoms with Gasteiger partial charge in [-0.15, -0.1) is 0 Å². The van der Waals surface area contributed by atoms with Crippen molar-refractivity contribution in [2.24, 2.45) is 0 Å². The Bertz CT molecular complexity index is 402. The van der Waals surface area contributed by atoms with Crippen molar-refractivity contribution in [2.45, 2.75) is 44.9 Å². The van der Waals surface area contributed by atoms with E-state index in [-0.39, 0.29) is 6.10 Å². The number of benzene rings is 1.